The second-order valence-corrected chi connectivity index (χ2v) is 7.41. The summed E-state index contributed by atoms with van der Waals surface area (Å²) in [4.78, 5) is 0. The molecule has 1 unspecified atom stereocenters. The van der Waals surface area contributed by atoms with Crippen molar-refractivity contribution in [3.05, 3.63) is 0 Å². The maximum Gasteiger partial charge on any atom is 0.150 e. The van der Waals surface area contributed by atoms with Gasteiger partial charge in [0, 0.05) is 6.04 Å². The number of sulfone groups is 1. The second-order valence-electron chi connectivity index (χ2n) is 5.18. The molecule has 94 valence electrons. The van der Waals surface area contributed by atoms with Crippen LogP contribution in [0.1, 0.15) is 32.1 Å². The van der Waals surface area contributed by atoms with Crippen LogP contribution in [-0.2, 0) is 9.84 Å². The molecule has 0 spiro atoms. The minimum absolute atomic E-state index is 0.120. The molecule has 0 aromatic carbocycles. The van der Waals surface area contributed by atoms with Gasteiger partial charge in [0.2, 0.25) is 0 Å². The van der Waals surface area contributed by atoms with Crippen LogP contribution in [0.4, 0.5) is 0 Å². The summed E-state index contributed by atoms with van der Waals surface area (Å²) >= 11 is 0. The molecule has 0 bridgehead atoms. The topological polar surface area (TPSA) is 66.4 Å². The third kappa shape index (κ3) is 3.43. The minimum atomic E-state index is -2.74. The van der Waals surface area contributed by atoms with E-state index in [4.69, 9.17) is 0 Å². The van der Waals surface area contributed by atoms with Gasteiger partial charge in [-0.3, -0.25) is 0 Å². The Balaban J connectivity index is 1.68. The van der Waals surface area contributed by atoms with Crippen molar-refractivity contribution in [1.29, 1.82) is 0 Å². The molecule has 1 saturated carbocycles. The van der Waals surface area contributed by atoms with Gasteiger partial charge in [0.15, 0.2) is 9.84 Å². The number of rotatable bonds is 3. The van der Waals surface area contributed by atoms with Crippen LogP contribution in [-0.4, -0.2) is 43.7 Å². The molecule has 2 rings (SSSR count). The van der Waals surface area contributed by atoms with Crippen molar-refractivity contribution in [3.63, 3.8) is 0 Å². The number of aliphatic hydroxyl groups excluding tert-OH is 1. The van der Waals surface area contributed by atoms with Gasteiger partial charge in [0.25, 0.3) is 0 Å². The summed E-state index contributed by atoms with van der Waals surface area (Å²) in [5.74, 6) is 1.02. The molecule has 1 aliphatic heterocycles. The van der Waals surface area contributed by atoms with Gasteiger partial charge >= 0.3 is 0 Å². The first-order valence-electron chi connectivity index (χ1n) is 6.17. The van der Waals surface area contributed by atoms with Gasteiger partial charge in [-0.1, -0.05) is 0 Å². The lowest BCUT2D eigenvalue weighted by molar-refractivity contribution is 0.116. The summed E-state index contributed by atoms with van der Waals surface area (Å²) < 4.78 is 22.5. The predicted molar refractivity (Wildman–Crippen MR) is 63.0 cm³/mol. The standard InChI is InChI=1S/C11H21NO3S/c13-11-3-1-10(2-4-11)12-7-9-5-6-16(14,15)8-9/h9-13H,1-8H2. The van der Waals surface area contributed by atoms with Crippen molar-refractivity contribution in [3.8, 4) is 0 Å². The van der Waals surface area contributed by atoms with Crippen LogP contribution in [0.25, 0.3) is 0 Å². The Kier molecular flexibility index (Phi) is 3.87. The van der Waals surface area contributed by atoms with E-state index in [-0.39, 0.29) is 6.10 Å². The third-order valence-electron chi connectivity index (χ3n) is 3.72. The lowest BCUT2D eigenvalue weighted by Gasteiger charge is -2.27. The van der Waals surface area contributed by atoms with Crippen LogP contribution in [0, 0.1) is 5.92 Å². The Morgan fingerprint density at radius 1 is 1.12 bits per heavy atom. The van der Waals surface area contributed by atoms with Crippen molar-refractivity contribution in [2.75, 3.05) is 18.1 Å². The first-order chi connectivity index (χ1) is 7.55. The maximum absolute atomic E-state index is 11.3. The lowest BCUT2D eigenvalue weighted by Crippen LogP contribution is -2.37. The van der Waals surface area contributed by atoms with Gasteiger partial charge in [0.1, 0.15) is 0 Å². The van der Waals surface area contributed by atoms with Crippen molar-refractivity contribution in [2.45, 2.75) is 44.2 Å². The molecule has 2 N–H and O–H groups in total. The average molecular weight is 247 g/mol. The van der Waals surface area contributed by atoms with E-state index in [0.717, 1.165) is 38.6 Å². The van der Waals surface area contributed by atoms with E-state index in [0.29, 0.717) is 23.5 Å². The number of hydrogen-bond donors (Lipinski definition) is 2. The van der Waals surface area contributed by atoms with Crippen molar-refractivity contribution in [2.24, 2.45) is 5.92 Å². The molecule has 4 nitrogen and oxygen atoms in total. The smallest absolute Gasteiger partial charge is 0.150 e. The zero-order chi connectivity index (χ0) is 11.6. The highest BCUT2D eigenvalue weighted by Crippen LogP contribution is 2.21. The Bertz CT molecular complexity index is 320. The highest BCUT2D eigenvalue weighted by molar-refractivity contribution is 7.91. The summed E-state index contributed by atoms with van der Waals surface area (Å²) in [6.07, 6.45) is 4.47. The fourth-order valence-corrected chi connectivity index (χ4v) is 4.51. The molecule has 2 fully saturated rings. The van der Waals surface area contributed by atoms with E-state index in [1.54, 1.807) is 0 Å². The average Bonchev–Trinajstić information content (AvgIpc) is 2.58. The van der Waals surface area contributed by atoms with Crippen molar-refractivity contribution < 1.29 is 13.5 Å². The molecular weight excluding hydrogens is 226 g/mol. The molecule has 1 saturated heterocycles. The van der Waals surface area contributed by atoms with Gasteiger partial charge in [-0.2, -0.15) is 0 Å². The van der Waals surface area contributed by atoms with E-state index < -0.39 is 9.84 Å². The zero-order valence-corrected chi connectivity index (χ0v) is 10.4. The molecular formula is C11H21NO3S. The fraction of sp³-hybridized carbons (Fsp3) is 1.00. The van der Waals surface area contributed by atoms with E-state index in [9.17, 15) is 13.5 Å². The third-order valence-corrected chi connectivity index (χ3v) is 5.56. The molecule has 5 heteroatoms. The number of aliphatic hydroxyl groups is 1. The molecule has 1 aliphatic carbocycles. The van der Waals surface area contributed by atoms with Crippen LogP contribution < -0.4 is 5.32 Å². The quantitative estimate of drug-likeness (QED) is 0.753. The van der Waals surface area contributed by atoms with Gasteiger partial charge in [-0.15, -0.1) is 0 Å². The number of hydrogen-bond acceptors (Lipinski definition) is 4. The Labute approximate surface area is 97.3 Å². The number of nitrogens with one attached hydrogen (secondary N) is 1. The van der Waals surface area contributed by atoms with Crippen molar-refractivity contribution >= 4 is 9.84 Å². The van der Waals surface area contributed by atoms with Gasteiger partial charge in [0.05, 0.1) is 17.6 Å². The first kappa shape index (κ1) is 12.3. The van der Waals surface area contributed by atoms with Crippen LogP contribution in [0.15, 0.2) is 0 Å². The largest absolute Gasteiger partial charge is 0.393 e. The van der Waals surface area contributed by atoms with Crippen LogP contribution in [0.3, 0.4) is 0 Å². The highest BCUT2D eigenvalue weighted by Gasteiger charge is 2.28. The summed E-state index contributed by atoms with van der Waals surface area (Å²) in [6.45, 7) is 0.819. The molecule has 2 aliphatic rings. The van der Waals surface area contributed by atoms with Crippen LogP contribution in [0.5, 0.6) is 0 Å². The van der Waals surface area contributed by atoms with E-state index in [2.05, 4.69) is 5.32 Å². The molecule has 1 atom stereocenters. The zero-order valence-electron chi connectivity index (χ0n) is 9.56. The monoisotopic (exact) mass is 247 g/mol. The molecule has 16 heavy (non-hydrogen) atoms. The lowest BCUT2D eigenvalue weighted by atomic mass is 9.93. The molecule has 0 amide bonds. The summed E-state index contributed by atoms with van der Waals surface area (Å²) in [5, 5.41) is 12.8. The van der Waals surface area contributed by atoms with Crippen molar-refractivity contribution in [1.82, 2.24) is 5.32 Å². The molecule has 0 aromatic rings. The Hall–Kier alpha value is -0.130. The fourth-order valence-electron chi connectivity index (χ4n) is 2.65. The second kappa shape index (κ2) is 5.02. The predicted octanol–water partition coefficient (Wildman–Crippen LogP) is 0.314. The maximum atomic E-state index is 11.3. The van der Waals surface area contributed by atoms with E-state index in [1.165, 1.54) is 0 Å². The summed E-state index contributed by atoms with van der Waals surface area (Å²) in [6, 6.07) is 0.478. The minimum Gasteiger partial charge on any atom is -0.393 e. The Morgan fingerprint density at radius 3 is 2.38 bits per heavy atom. The van der Waals surface area contributed by atoms with Crippen LogP contribution in [0.2, 0.25) is 0 Å². The summed E-state index contributed by atoms with van der Waals surface area (Å²) in [7, 11) is -2.74. The van der Waals surface area contributed by atoms with Gasteiger partial charge in [-0.25, -0.2) is 8.42 Å². The summed E-state index contributed by atoms with van der Waals surface area (Å²) in [5.41, 5.74) is 0. The first-order valence-corrected chi connectivity index (χ1v) is 7.99. The molecule has 0 radical (unpaired) electrons. The molecule has 1 heterocycles. The van der Waals surface area contributed by atoms with Gasteiger partial charge in [-0.05, 0) is 44.6 Å². The van der Waals surface area contributed by atoms with E-state index in [1.807, 2.05) is 0 Å². The highest BCUT2D eigenvalue weighted by atomic mass is 32.2. The molecule has 0 aromatic heterocycles. The van der Waals surface area contributed by atoms with E-state index >= 15 is 0 Å². The van der Waals surface area contributed by atoms with Crippen LogP contribution >= 0.6 is 0 Å². The van der Waals surface area contributed by atoms with Gasteiger partial charge < -0.3 is 10.4 Å². The SMILES string of the molecule is O=S1(=O)CCC(CNC2CCC(O)CC2)C1. The Morgan fingerprint density at radius 2 is 1.81 bits per heavy atom. The normalized spacial score (nSPS) is 38.7.